The Morgan fingerprint density at radius 2 is 1.79 bits per heavy atom. The van der Waals surface area contributed by atoms with Crippen molar-refractivity contribution in [3.05, 3.63) is 60.2 Å². The number of nitrogens with zero attached hydrogens (tertiary/aromatic N) is 5. The molecule has 1 heterocycles. The lowest BCUT2D eigenvalue weighted by Crippen LogP contribution is -2.21. The van der Waals surface area contributed by atoms with E-state index in [2.05, 4.69) is 61.5 Å². The van der Waals surface area contributed by atoms with Gasteiger partial charge in [-0.05, 0) is 36.8 Å². The van der Waals surface area contributed by atoms with Gasteiger partial charge >= 0.3 is 0 Å². The summed E-state index contributed by atoms with van der Waals surface area (Å²) in [5, 5.41) is 14.4. The number of H-pyrrole nitrogens is 1. The molecule has 0 bridgehead atoms. The molecule has 0 fully saturated rings. The van der Waals surface area contributed by atoms with E-state index in [0.29, 0.717) is 0 Å². The van der Waals surface area contributed by atoms with Crippen molar-refractivity contribution in [2.24, 2.45) is 10.2 Å². The Labute approximate surface area is 140 Å². The maximum atomic E-state index is 5.44. The minimum atomic E-state index is 0.218. The first-order valence-electron chi connectivity index (χ1n) is 7.73. The van der Waals surface area contributed by atoms with E-state index in [9.17, 15) is 0 Å². The van der Waals surface area contributed by atoms with Crippen LogP contribution in [0.15, 0.2) is 64.8 Å². The standard InChI is InChI=1S/C17H19N7/c1-2-24(12-13-6-4-3-5-7-13)15-10-8-14(9-11-15)20-22-17-19-16(18)21-23-17/h3-11H,2,12H2,1H3,(H3,18,19,21,23). The van der Waals surface area contributed by atoms with Crippen molar-refractivity contribution in [2.75, 3.05) is 17.2 Å². The Balaban J connectivity index is 1.69. The van der Waals surface area contributed by atoms with Gasteiger partial charge in [0.25, 0.3) is 5.95 Å². The number of rotatable bonds is 6. The highest BCUT2D eigenvalue weighted by Gasteiger charge is 2.05. The Kier molecular flexibility index (Phi) is 4.81. The third-order valence-electron chi connectivity index (χ3n) is 3.56. The first-order chi connectivity index (χ1) is 11.7. The van der Waals surface area contributed by atoms with Gasteiger partial charge in [-0.2, -0.15) is 4.98 Å². The molecule has 0 aliphatic rings. The summed E-state index contributed by atoms with van der Waals surface area (Å²) in [5.74, 6) is 0.439. The molecule has 0 amide bonds. The van der Waals surface area contributed by atoms with Gasteiger partial charge in [0.15, 0.2) is 0 Å². The number of hydrogen-bond acceptors (Lipinski definition) is 6. The molecule has 2 aromatic carbocycles. The molecule has 0 atom stereocenters. The summed E-state index contributed by atoms with van der Waals surface area (Å²) in [6.07, 6.45) is 0. The van der Waals surface area contributed by atoms with Crippen LogP contribution >= 0.6 is 0 Å². The second-order valence-corrected chi connectivity index (χ2v) is 5.24. The van der Waals surface area contributed by atoms with Crippen molar-refractivity contribution in [3.8, 4) is 0 Å². The van der Waals surface area contributed by atoms with Crippen LogP contribution in [0.25, 0.3) is 0 Å². The molecule has 3 aromatic rings. The predicted molar refractivity (Wildman–Crippen MR) is 94.6 cm³/mol. The average molecular weight is 321 g/mol. The zero-order chi connectivity index (χ0) is 16.8. The van der Waals surface area contributed by atoms with Crippen LogP contribution in [-0.2, 0) is 6.54 Å². The van der Waals surface area contributed by atoms with Gasteiger partial charge in [-0.15, -0.1) is 15.3 Å². The van der Waals surface area contributed by atoms with Crippen molar-refractivity contribution < 1.29 is 0 Å². The Morgan fingerprint density at radius 3 is 2.42 bits per heavy atom. The summed E-state index contributed by atoms with van der Waals surface area (Å²) >= 11 is 0. The minimum absolute atomic E-state index is 0.218. The first kappa shape index (κ1) is 15.7. The maximum absolute atomic E-state index is 5.44. The molecule has 3 rings (SSSR count). The number of azo groups is 1. The third kappa shape index (κ3) is 3.95. The number of anilines is 2. The van der Waals surface area contributed by atoms with Crippen LogP contribution in [-0.4, -0.2) is 21.7 Å². The van der Waals surface area contributed by atoms with E-state index in [1.807, 2.05) is 30.3 Å². The number of aromatic nitrogens is 3. The largest absolute Gasteiger partial charge is 0.368 e. The van der Waals surface area contributed by atoms with Crippen LogP contribution < -0.4 is 10.6 Å². The van der Waals surface area contributed by atoms with Crippen molar-refractivity contribution in [3.63, 3.8) is 0 Å². The molecule has 0 radical (unpaired) electrons. The fourth-order valence-corrected chi connectivity index (χ4v) is 2.33. The number of nitrogen functional groups attached to an aromatic ring is 1. The second-order valence-electron chi connectivity index (χ2n) is 5.24. The second kappa shape index (κ2) is 7.36. The molecular formula is C17H19N7. The summed E-state index contributed by atoms with van der Waals surface area (Å²) in [4.78, 5) is 6.17. The molecule has 3 N–H and O–H groups in total. The van der Waals surface area contributed by atoms with Gasteiger partial charge in [0, 0.05) is 18.8 Å². The van der Waals surface area contributed by atoms with Gasteiger partial charge in [-0.25, -0.2) is 5.10 Å². The molecule has 24 heavy (non-hydrogen) atoms. The fourth-order valence-electron chi connectivity index (χ4n) is 2.33. The fraction of sp³-hybridized carbons (Fsp3) is 0.176. The minimum Gasteiger partial charge on any atom is -0.368 e. The van der Waals surface area contributed by atoms with Crippen LogP contribution in [0.3, 0.4) is 0 Å². The lowest BCUT2D eigenvalue weighted by atomic mass is 10.2. The van der Waals surface area contributed by atoms with E-state index < -0.39 is 0 Å². The Bertz CT molecular complexity index is 793. The molecule has 122 valence electrons. The van der Waals surface area contributed by atoms with Gasteiger partial charge in [-0.1, -0.05) is 30.3 Å². The Morgan fingerprint density at radius 1 is 1.04 bits per heavy atom. The highest BCUT2D eigenvalue weighted by molar-refractivity contribution is 5.53. The van der Waals surface area contributed by atoms with Crippen LogP contribution in [0.4, 0.5) is 23.3 Å². The lowest BCUT2D eigenvalue weighted by molar-refractivity contribution is 0.832. The van der Waals surface area contributed by atoms with Crippen LogP contribution in [0.2, 0.25) is 0 Å². The van der Waals surface area contributed by atoms with Gasteiger partial charge in [-0.3, -0.25) is 0 Å². The van der Waals surface area contributed by atoms with E-state index in [1.165, 1.54) is 5.56 Å². The van der Waals surface area contributed by atoms with Gasteiger partial charge < -0.3 is 10.6 Å². The number of aromatic amines is 1. The van der Waals surface area contributed by atoms with E-state index in [0.717, 1.165) is 24.5 Å². The summed E-state index contributed by atoms with van der Waals surface area (Å²) in [6.45, 7) is 3.94. The van der Waals surface area contributed by atoms with Crippen LogP contribution in [0.5, 0.6) is 0 Å². The zero-order valence-corrected chi connectivity index (χ0v) is 13.4. The van der Waals surface area contributed by atoms with Gasteiger partial charge in [0.2, 0.25) is 5.95 Å². The molecule has 0 aliphatic heterocycles. The van der Waals surface area contributed by atoms with Crippen molar-refractivity contribution >= 4 is 23.3 Å². The maximum Gasteiger partial charge on any atom is 0.289 e. The molecule has 7 heteroatoms. The van der Waals surface area contributed by atoms with E-state index >= 15 is 0 Å². The summed E-state index contributed by atoms with van der Waals surface area (Å²) < 4.78 is 0. The summed E-state index contributed by atoms with van der Waals surface area (Å²) in [5.41, 5.74) is 8.60. The highest BCUT2D eigenvalue weighted by Crippen LogP contribution is 2.22. The van der Waals surface area contributed by atoms with Crippen molar-refractivity contribution in [1.29, 1.82) is 0 Å². The lowest BCUT2D eigenvalue weighted by Gasteiger charge is -2.23. The molecule has 0 unspecified atom stereocenters. The molecule has 0 aliphatic carbocycles. The zero-order valence-electron chi connectivity index (χ0n) is 13.4. The first-order valence-corrected chi connectivity index (χ1v) is 7.73. The van der Waals surface area contributed by atoms with Gasteiger partial charge in [0.05, 0.1) is 5.69 Å². The Hall–Kier alpha value is -3.22. The molecule has 1 aromatic heterocycles. The topological polar surface area (TPSA) is 95.5 Å². The highest BCUT2D eigenvalue weighted by atomic mass is 15.3. The van der Waals surface area contributed by atoms with Gasteiger partial charge in [0.1, 0.15) is 0 Å². The molecule has 0 saturated heterocycles. The number of nitrogens with one attached hydrogen (secondary N) is 1. The molecular weight excluding hydrogens is 302 g/mol. The SMILES string of the molecule is CCN(Cc1ccccc1)c1ccc(N=Nc2n[nH]c(N)n2)cc1. The summed E-state index contributed by atoms with van der Waals surface area (Å²) in [7, 11) is 0. The molecule has 0 saturated carbocycles. The quantitative estimate of drug-likeness (QED) is 0.674. The van der Waals surface area contributed by atoms with Crippen LogP contribution in [0, 0.1) is 0 Å². The third-order valence-corrected chi connectivity index (χ3v) is 3.56. The van der Waals surface area contributed by atoms with Crippen LogP contribution in [0.1, 0.15) is 12.5 Å². The monoisotopic (exact) mass is 321 g/mol. The smallest absolute Gasteiger partial charge is 0.289 e. The van der Waals surface area contributed by atoms with E-state index in [4.69, 9.17) is 5.73 Å². The molecule has 7 nitrogen and oxygen atoms in total. The van der Waals surface area contributed by atoms with Crippen molar-refractivity contribution in [2.45, 2.75) is 13.5 Å². The number of nitrogens with two attached hydrogens (primary N) is 1. The van der Waals surface area contributed by atoms with E-state index in [1.54, 1.807) is 0 Å². The summed E-state index contributed by atoms with van der Waals surface area (Å²) in [6, 6.07) is 18.3. The van der Waals surface area contributed by atoms with E-state index in [-0.39, 0.29) is 11.9 Å². The van der Waals surface area contributed by atoms with Crippen molar-refractivity contribution in [1.82, 2.24) is 15.2 Å². The average Bonchev–Trinajstić information content (AvgIpc) is 3.05. The normalized spacial score (nSPS) is 11.0. The molecule has 0 spiro atoms. The predicted octanol–water partition coefficient (Wildman–Crippen LogP) is 3.83. The number of hydrogen-bond donors (Lipinski definition) is 2. The number of benzene rings is 2.